The third kappa shape index (κ3) is 8.01. The van der Waals surface area contributed by atoms with Gasteiger partial charge in [0.05, 0.1) is 0 Å². The van der Waals surface area contributed by atoms with Crippen molar-refractivity contribution in [3.8, 4) is 0 Å². The second-order valence-corrected chi connectivity index (χ2v) is 5.00. The van der Waals surface area contributed by atoms with Gasteiger partial charge in [-0.25, -0.2) is 0 Å². The minimum atomic E-state index is 0.647. The van der Waals surface area contributed by atoms with Crippen molar-refractivity contribution in [1.29, 1.82) is 0 Å². The topological polar surface area (TPSA) is 0 Å². The number of rotatable bonds is 10. The molecule has 0 bridgehead atoms. The maximum atomic E-state index is 3.94. The Morgan fingerprint density at radius 3 is 2.35 bits per heavy atom. The van der Waals surface area contributed by atoms with Gasteiger partial charge in [0.1, 0.15) is 0 Å². The van der Waals surface area contributed by atoms with Crippen molar-refractivity contribution in [3.05, 3.63) is 37.0 Å². The molecule has 0 amide bonds. The molecule has 0 fully saturated rings. The maximum absolute atomic E-state index is 3.94. The van der Waals surface area contributed by atoms with Gasteiger partial charge in [0.15, 0.2) is 0 Å². The molecule has 0 aliphatic carbocycles. The van der Waals surface area contributed by atoms with Crippen molar-refractivity contribution in [2.45, 2.75) is 59.3 Å². The van der Waals surface area contributed by atoms with Crippen LogP contribution in [0.3, 0.4) is 0 Å². The summed E-state index contributed by atoms with van der Waals surface area (Å²) in [7, 11) is 0. The Morgan fingerprint density at radius 2 is 1.88 bits per heavy atom. The lowest BCUT2D eigenvalue weighted by Gasteiger charge is -2.15. The van der Waals surface area contributed by atoms with Gasteiger partial charge in [-0.1, -0.05) is 51.0 Å². The van der Waals surface area contributed by atoms with Gasteiger partial charge in [-0.2, -0.15) is 0 Å². The van der Waals surface area contributed by atoms with E-state index in [9.17, 15) is 0 Å². The minimum absolute atomic E-state index is 0.647. The highest BCUT2D eigenvalue weighted by atomic mass is 14.1. The van der Waals surface area contributed by atoms with E-state index in [0.29, 0.717) is 11.8 Å². The van der Waals surface area contributed by atoms with E-state index in [1.807, 2.05) is 6.08 Å². The summed E-state index contributed by atoms with van der Waals surface area (Å²) in [6.45, 7) is 14.5. The number of unbranched alkanes of at least 4 members (excludes halogenated alkanes) is 1. The van der Waals surface area contributed by atoms with Crippen LogP contribution in [-0.4, -0.2) is 0 Å². The molecule has 0 aromatic heterocycles. The molecule has 2 unspecified atom stereocenters. The fourth-order valence-corrected chi connectivity index (χ4v) is 1.98. The Kier molecular flexibility index (Phi) is 9.90. The molecule has 0 saturated carbocycles. The lowest BCUT2D eigenvalue weighted by Crippen LogP contribution is -1.99. The SMILES string of the molecule is C=CCCCC(=CC(C)CC)CC(C=C)CC. The lowest BCUT2D eigenvalue weighted by molar-refractivity contribution is 0.589. The molecule has 98 valence electrons. The average Bonchev–Trinajstić information content (AvgIpc) is 2.35. The molecule has 0 aromatic carbocycles. The Bertz CT molecular complexity index is 234. The fraction of sp³-hybridized carbons (Fsp3) is 0.647. The lowest BCUT2D eigenvalue weighted by atomic mass is 9.91. The summed E-state index contributed by atoms with van der Waals surface area (Å²) in [6.07, 6.45) is 13.8. The number of hydrogen-bond donors (Lipinski definition) is 0. The van der Waals surface area contributed by atoms with E-state index >= 15 is 0 Å². The van der Waals surface area contributed by atoms with Crippen molar-refractivity contribution in [2.24, 2.45) is 11.8 Å². The first kappa shape index (κ1) is 16.2. The zero-order chi connectivity index (χ0) is 13.1. The van der Waals surface area contributed by atoms with Crippen molar-refractivity contribution in [1.82, 2.24) is 0 Å². The average molecular weight is 234 g/mol. The molecule has 0 saturated heterocycles. The summed E-state index contributed by atoms with van der Waals surface area (Å²) >= 11 is 0. The first-order valence-electron chi connectivity index (χ1n) is 7.10. The van der Waals surface area contributed by atoms with Crippen LogP contribution >= 0.6 is 0 Å². The first-order valence-corrected chi connectivity index (χ1v) is 7.10. The van der Waals surface area contributed by atoms with Crippen molar-refractivity contribution < 1.29 is 0 Å². The largest absolute Gasteiger partial charge is 0.103 e. The van der Waals surface area contributed by atoms with Gasteiger partial charge in [0.2, 0.25) is 0 Å². The smallest absolute Gasteiger partial charge is 0.0202 e. The van der Waals surface area contributed by atoms with E-state index in [1.165, 1.54) is 32.1 Å². The molecule has 0 spiro atoms. The highest BCUT2D eigenvalue weighted by Gasteiger charge is 2.07. The standard InChI is InChI=1S/C17H30/c1-6-10-11-12-17(13-15(5)7-2)14-16(8-3)9-4/h6,8,13,15-16H,1,3,7,9-12,14H2,2,4-5H3. The van der Waals surface area contributed by atoms with Crippen molar-refractivity contribution >= 4 is 0 Å². The van der Waals surface area contributed by atoms with Crippen LogP contribution in [0, 0.1) is 11.8 Å². The van der Waals surface area contributed by atoms with Gasteiger partial charge >= 0.3 is 0 Å². The Balaban J connectivity index is 4.42. The highest BCUT2D eigenvalue weighted by Crippen LogP contribution is 2.23. The van der Waals surface area contributed by atoms with Crippen molar-refractivity contribution in [2.75, 3.05) is 0 Å². The summed E-state index contributed by atoms with van der Waals surface area (Å²) in [5, 5.41) is 0. The predicted octanol–water partition coefficient (Wildman–Crippen LogP) is 5.92. The van der Waals surface area contributed by atoms with Crippen LogP contribution in [0.15, 0.2) is 37.0 Å². The van der Waals surface area contributed by atoms with Crippen LogP contribution in [0.25, 0.3) is 0 Å². The summed E-state index contributed by atoms with van der Waals surface area (Å²) in [4.78, 5) is 0. The van der Waals surface area contributed by atoms with E-state index in [4.69, 9.17) is 0 Å². The molecular weight excluding hydrogens is 204 g/mol. The Hall–Kier alpha value is -0.780. The number of hydrogen-bond acceptors (Lipinski definition) is 0. The molecule has 0 heteroatoms. The molecule has 0 aliphatic heterocycles. The van der Waals surface area contributed by atoms with E-state index in [-0.39, 0.29) is 0 Å². The quantitative estimate of drug-likeness (QED) is 0.325. The molecule has 0 N–H and O–H groups in total. The molecule has 0 aromatic rings. The van der Waals surface area contributed by atoms with E-state index < -0.39 is 0 Å². The van der Waals surface area contributed by atoms with E-state index in [2.05, 4.69) is 46.1 Å². The molecule has 0 nitrogen and oxygen atoms in total. The zero-order valence-electron chi connectivity index (χ0n) is 12.0. The molecule has 17 heavy (non-hydrogen) atoms. The third-order valence-corrected chi connectivity index (χ3v) is 3.45. The second-order valence-electron chi connectivity index (χ2n) is 5.00. The Morgan fingerprint density at radius 1 is 1.18 bits per heavy atom. The fourth-order valence-electron chi connectivity index (χ4n) is 1.98. The van der Waals surface area contributed by atoms with Gasteiger partial charge in [-0.15, -0.1) is 13.2 Å². The van der Waals surface area contributed by atoms with Gasteiger partial charge in [-0.3, -0.25) is 0 Å². The molecule has 0 aliphatic rings. The summed E-state index contributed by atoms with van der Waals surface area (Å²) in [5.74, 6) is 1.35. The van der Waals surface area contributed by atoms with Gasteiger partial charge < -0.3 is 0 Å². The van der Waals surface area contributed by atoms with Gasteiger partial charge in [0.25, 0.3) is 0 Å². The molecular formula is C17H30. The molecule has 2 atom stereocenters. The molecule has 0 heterocycles. The first-order chi connectivity index (χ1) is 8.17. The maximum Gasteiger partial charge on any atom is -0.0202 e. The normalized spacial score (nSPS) is 15.4. The van der Waals surface area contributed by atoms with Gasteiger partial charge in [0, 0.05) is 0 Å². The molecule has 0 rings (SSSR count). The van der Waals surface area contributed by atoms with Crippen LogP contribution in [0.4, 0.5) is 0 Å². The summed E-state index contributed by atoms with van der Waals surface area (Å²) < 4.78 is 0. The van der Waals surface area contributed by atoms with E-state index in [0.717, 1.165) is 6.42 Å². The van der Waals surface area contributed by atoms with Crippen LogP contribution in [0.1, 0.15) is 59.3 Å². The van der Waals surface area contributed by atoms with Gasteiger partial charge in [-0.05, 0) is 43.9 Å². The Labute approximate surface area is 109 Å². The third-order valence-electron chi connectivity index (χ3n) is 3.45. The summed E-state index contributed by atoms with van der Waals surface area (Å²) in [5.41, 5.74) is 1.62. The van der Waals surface area contributed by atoms with Crippen LogP contribution in [0.2, 0.25) is 0 Å². The van der Waals surface area contributed by atoms with E-state index in [1.54, 1.807) is 5.57 Å². The second kappa shape index (κ2) is 10.4. The monoisotopic (exact) mass is 234 g/mol. The van der Waals surface area contributed by atoms with Crippen LogP contribution < -0.4 is 0 Å². The highest BCUT2D eigenvalue weighted by molar-refractivity contribution is 5.07. The summed E-state index contributed by atoms with van der Waals surface area (Å²) in [6, 6.07) is 0. The molecule has 0 radical (unpaired) electrons. The zero-order valence-corrected chi connectivity index (χ0v) is 12.0. The van der Waals surface area contributed by atoms with Crippen molar-refractivity contribution in [3.63, 3.8) is 0 Å². The predicted molar refractivity (Wildman–Crippen MR) is 80.2 cm³/mol. The number of allylic oxidation sites excluding steroid dienone is 4. The van der Waals surface area contributed by atoms with Crippen LogP contribution in [-0.2, 0) is 0 Å². The van der Waals surface area contributed by atoms with Crippen LogP contribution in [0.5, 0.6) is 0 Å². The minimum Gasteiger partial charge on any atom is -0.103 e.